The largest absolute Gasteiger partial charge is 0.484 e. The lowest BCUT2D eigenvalue weighted by Gasteiger charge is -2.20. The van der Waals surface area contributed by atoms with Gasteiger partial charge in [0.2, 0.25) is 0 Å². The van der Waals surface area contributed by atoms with Crippen molar-refractivity contribution in [2.45, 2.75) is 26.9 Å². The lowest BCUT2D eigenvalue weighted by atomic mass is 10.1. The quantitative estimate of drug-likeness (QED) is 0.918. The van der Waals surface area contributed by atoms with E-state index in [0.717, 1.165) is 16.9 Å². The monoisotopic (exact) mass is 273 g/mol. The second-order valence-corrected chi connectivity index (χ2v) is 5.07. The highest BCUT2D eigenvalue weighted by atomic mass is 19.1. The van der Waals surface area contributed by atoms with Crippen LogP contribution in [0.3, 0.4) is 0 Å². The Morgan fingerprint density at radius 3 is 2.35 bits per heavy atom. The first-order valence-electron chi connectivity index (χ1n) is 6.72. The van der Waals surface area contributed by atoms with Gasteiger partial charge in [-0.15, -0.1) is 0 Å². The molecule has 2 N–H and O–H groups in total. The van der Waals surface area contributed by atoms with Gasteiger partial charge in [0, 0.05) is 12.1 Å². The third-order valence-corrected chi connectivity index (χ3v) is 3.53. The summed E-state index contributed by atoms with van der Waals surface area (Å²) in [4.78, 5) is 0. The molecule has 2 rings (SSSR count). The highest BCUT2D eigenvalue weighted by Crippen LogP contribution is 2.28. The lowest BCUT2D eigenvalue weighted by Crippen LogP contribution is -2.20. The van der Waals surface area contributed by atoms with Crippen molar-refractivity contribution in [3.05, 3.63) is 64.5 Å². The molecule has 106 valence electrons. The number of hydrogen-bond acceptors (Lipinski definition) is 2. The molecule has 0 amide bonds. The smallest absolute Gasteiger partial charge is 0.139 e. The number of aryl methyl sites for hydroxylation is 3. The summed E-state index contributed by atoms with van der Waals surface area (Å²) in [5.74, 6) is 0.469. The van der Waals surface area contributed by atoms with E-state index in [-0.39, 0.29) is 12.4 Å². The van der Waals surface area contributed by atoms with Crippen LogP contribution in [0.1, 0.15) is 28.4 Å². The zero-order chi connectivity index (χ0) is 14.7. The Labute approximate surface area is 119 Å². The van der Waals surface area contributed by atoms with Gasteiger partial charge < -0.3 is 10.5 Å². The molecule has 0 spiro atoms. The molecule has 2 nitrogen and oxygen atoms in total. The molecule has 0 saturated carbocycles. The second-order valence-electron chi connectivity index (χ2n) is 5.07. The predicted molar refractivity (Wildman–Crippen MR) is 79.5 cm³/mol. The summed E-state index contributed by atoms with van der Waals surface area (Å²) < 4.78 is 19.8. The summed E-state index contributed by atoms with van der Waals surface area (Å²) in [6, 6.07) is 10.6. The molecule has 0 fully saturated rings. The molecule has 1 unspecified atom stereocenters. The van der Waals surface area contributed by atoms with E-state index in [1.165, 1.54) is 11.6 Å². The van der Waals surface area contributed by atoms with Gasteiger partial charge in [-0.1, -0.05) is 24.3 Å². The van der Waals surface area contributed by atoms with Crippen molar-refractivity contribution in [3.8, 4) is 5.75 Å². The lowest BCUT2D eigenvalue weighted by molar-refractivity contribution is 0.207. The molecule has 20 heavy (non-hydrogen) atoms. The van der Waals surface area contributed by atoms with Crippen LogP contribution in [-0.2, 0) is 0 Å². The van der Waals surface area contributed by atoms with Crippen LogP contribution in [0.4, 0.5) is 4.39 Å². The number of hydrogen-bond donors (Lipinski definition) is 1. The molecule has 0 saturated heterocycles. The number of benzene rings is 2. The molecule has 0 bridgehead atoms. The first-order valence-corrected chi connectivity index (χ1v) is 6.72. The van der Waals surface area contributed by atoms with Crippen molar-refractivity contribution in [3.63, 3.8) is 0 Å². The number of ether oxygens (including phenoxy) is 1. The standard InChI is InChI=1S/C17H20FNO/c1-11-8-13(3)16(9-12(11)2)20-17(10-19)14-6-4-5-7-15(14)18/h4-9,17H,10,19H2,1-3H3. The van der Waals surface area contributed by atoms with E-state index >= 15 is 0 Å². The van der Waals surface area contributed by atoms with Crippen molar-refractivity contribution in [1.82, 2.24) is 0 Å². The van der Waals surface area contributed by atoms with Gasteiger partial charge in [0.1, 0.15) is 17.7 Å². The first kappa shape index (κ1) is 14.5. The fourth-order valence-corrected chi connectivity index (χ4v) is 2.19. The number of nitrogens with two attached hydrogens (primary N) is 1. The van der Waals surface area contributed by atoms with Crippen LogP contribution in [-0.4, -0.2) is 6.54 Å². The summed E-state index contributed by atoms with van der Waals surface area (Å²) in [7, 11) is 0. The third kappa shape index (κ3) is 2.99. The normalized spacial score (nSPS) is 12.2. The minimum atomic E-state index is -0.475. The van der Waals surface area contributed by atoms with E-state index in [1.807, 2.05) is 19.9 Å². The van der Waals surface area contributed by atoms with E-state index in [4.69, 9.17) is 10.5 Å². The fraction of sp³-hybridized carbons (Fsp3) is 0.294. The Morgan fingerprint density at radius 1 is 1.05 bits per heavy atom. The van der Waals surface area contributed by atoms with E-state index in [1.54, 1.807) is 18.2 Å². The molecular weight excluding hydrogens is 253 g/mol. The van der Waals surface area contributed by atoms with Crippen molar-refractivity contribution in [2.24, 2.45) is 5.73 Å². The van der Waals surface area contributed by atoms with Crippen LogP contribution < -0.4 is 10.5 Å². The van der Waals surface area contributed by atoms with Crippen molar-refractivity contribution in [2.75, 3.05) is 6.54 Å². The zero-order valence-corrected chi connectivity index (χ0v) is 12.1. The fourth-order valence-electron chi connectivity index (χ4n) is 2.19. The van der Waals surface area contributed by atoms with Crippen molar-refractivity contribution >= 4 is 0 Å². The summed E-state index contributed by atoms with van der Waals surface area (Å²) in [5.41, 5.74) is 9.63. The Bertz CT molecular complexity index is 610. The van der Waals surface area contributed by atoms with Gasteiger partial charge >= 0.3 is 0 Å². The van der Waals surface area contributed by atoms with Crippen LogP contribution in [0.15, 0.2) is 36.4 Å². The van der Waals surface area contributed by atoms with Crippen LogP contribution >= 0.6 is 0 Å². The van der Waals surface area contributed by atoms with Gasteiger partial charge in [-0.3, -0.25) is 0 Å². The topological polar surface area (TPSA) is 35.2 Å². The maximum atomic E-state index is 13.8. The molecule has 2 aromatic carbocycles. The van der Waals surface area contributed by atoms with Gasteiger partial charge in [-0.25, -0.2) is 4.39 Å². The molecule has 0 aliphatic carbocycles. The predicted octanol–water partition coefficient (Wildman–Crippen LogP) is 3.83. The minimum Gasteiger partial charge on any atom is -0.484 e. The average Bonchev–Trinajstić information content (AvgIpc) is 2.42. The molecule has 0 aliphatic heterocycles. The molecule has 3 heteroatoms. The van der Waals surface area contributed by atoms with Crippen LogP contribution in [0, 0.1) is 26.6 Å². The number of rotatable bonds is 4. The van der Waals surface area contributed by atoms with Gasteiger partial charge in [-0.05, 0) is 49.6 Å². The SMILES string of the molecule is Cc1cc(C)c(OC(CN)c2ccccc2F)cc1C. The number of halogens is 1. The van der Waals surface area contributed by atoms with E-state index in [2.05, 4.69) is 13.0 Å². The van der Waals surface area contributed by atoms with Gasteiger partial charge in [0.25, 0.3) is 0 Å². The Hall–Kier alpha value is -1.87. The highest BCUT2D eigenvalue weighted by molar-refractivity contribution is 5.41. The molecular formula is C17H20FNO. The molecule has 0 aromatic heterocycles. The molecule has 1 atom stereocenters. The summed E-state index contributed by atoms with van der Waals surface area (Å²) >= 11 is 0. The maximum absolute atomic E-state index is 13.8. The summed E-state index contributed by atoms with van der Waals surface area (Å²) in [6.07, 6.45) is -0.475. The first-order chi connectivity index (χ1) is 9.52. The summed E-state index contributed by atoms with van der Waals surface area (Å²) in [6.45, 7) is 6.30. The van der Waals surface area contributed by atoms with Gasteiger partial charge in [0.05, 0.1) is 0 Å². The second kappa shape index (κ2) is 6.06. The average molecular weight is 273 g/mol. The van der Waals surface area contributed by atoms with E-state index < -0.39 is 6.10 Å². The van der Waals surface area contributed by atoms with Crippen LogP contribution in [0.2, 0.25) is 0 Å². The minimum absolute atomic E-state index is 0.229. The Balaban J connectivity index is 2.32. The Morgan fingerprint density at radius 2 is 1.70 bits per heavy atom. The molecule has 0 heterocycles. The van der Waals surface area contributed by atoms with Crippen LogP contribution in [0.5, 0.6) is 5.75 Å². The van der Waals surface area contributed by atoms with E-state index in [0.29, 0.717) is 5.56 Å². The Kier molecular flexibility index (Phi) is 4.40. The van der Waals surface area contributed by atoms with E-state index in [9.17, 15) is 4.39 Å². The summed E-state index contributed by atoms with van der Waals surface area (Å²) in [5, 5.41) is 0. The van der Waals surface area contributed by atoms with Crippen molar-refractivity contribution in [1.29, 1.82) is 0 Å². The molecule has 0 radical (unpaired) electrons. The molecule has 2 aromatic rings. The highest BCUT2D eigenvalue weighted by Gasteiger charge is 2.17. The maximum Gasteiger partial charge on any atom is 0.139 e. The van der Waals surface area contributed by atoms with Crippen LogP contribution in [0.25, 0.3) is 0 Å². The van der Waals surface area contributed by atoms with Crippen molar-refractivity contribution < 1.29 is 9.13 Å². The van der Waals surface area contributed by atoms with Gasteiger partial charge in [0.15, 0.2) is 0 Å². The molecule has 0 aliphatic rings. The van der Waals surface area contributed by atoms with Gasteiger partial charge in [-0.2, -0.15) is 0 Å². The third-order valence-electron chi connectivity index (χ3n) is 3.53. The zero-order valence-electron chi connectivity index (χ0n) is 12.1.